The van der Waals surface area contributed by atoms with E-state index in [0.717, 1.165) is 0 Å². The molecule has 0 heterocycles. The van der Waals surface area contributed by atoms with E-state index in [1.165, 1.54) is 24.3 Å². The minimum atomic E-state index is -4.20. The van der Waals surface area contributed by atoms with Crippen LogP contribution >= 0.6 is 31.9 Å². The Balaban J connectivity index is 2.26. The van der Waals surface area contributed by atoms with Crippen molar-refractivity contribution in [2.45, 2.75) is 4.90 Å². The van der Waals surface area contributed by atoms with Gasteiger partial charge in [0, 0.05) is 8.95 Å². The van der Waals surface area contributed by atoms with Crippen LogP contribution in [0.3, 0.4) is 0 Å². The third-order valence-corrected chi connectivity index (χ3v) is 4.66. The summed E-state index contributed by atoms with van der Waals surface area (Å²) in [4.78, 5) is -0.195. The minimum absolute atomic E-state index is 0.195. The van der Waals surface area contributed by atoms with Crippen molar-refractivity contribution < 1.29 is 13.0 Å². The molecule has 3 N–H and O–H groups in total. The third-order valence-electron chi connectivity index (χ3n) is 2.48. The lowest BCUT2D eigenvalue weighted by Crippen LogP contribution is -1.96. The highest BCUT2D eigenvalue weighted by Gasteiger charge is 2.08. The zero-order valence-corrected chi connectivity index (χ0v) is 14.4. The third kappa shape index (κ3) is 4.10. The summed E-state index contributed by atoms with van der Waals surface area (Å²) in [5, 5.41) is 8.01. The Kier molecular flexibility index (Phi) is 4.77. The van der Waals surface area contributed by atoms with Gasteiger partial charge < -0.3 is 5.73 Å². The number of nitrogen functional groups attached to an aromatic ring is 1. The number of anilines is 1. The number of nitrogens with zero attached hydrogens (tertiary/aromatic N) is 2. The normalized spacial score (nSPS) is 12.0. The van der Waals surface area contributed by atoms with Crippen LogP contribution in [0.15, 0.2) is 60.5 Å². The standard InChI is InChI=1S/C12H9Br2N3O3S/c13-10-5-8(6-11(14)12(10)15)17-16-7-1-3-9(4-2-7)21(18,19)20/h1-6H,15H2,(H,18,19,20). The SMILES string of the molecule is Nc1c(Br)cc(N=Nc2ccc(S(=O)(=O)O)cc2)cc1Br. The van der Waals surface area contributed by atoms with E-state index in [-0.39, 0.29) is 4.90 Å². The van der Waals surface area contributed by atoms with Gasteiger partial charge in [0.1, 0.15) is 0 Å². The van der Waals surface area contributed by atoms with Gasteiger partial charge in [-0.2, -0.15) is 18.6 Å². The van der Waals surface area contributed by atoms with Crippen molar-refractivity contribution in [3.63, 3.8) is 0 Å². The highest BCUT2D eigenvalue weighted by atomic mass is 79.9. The van der Waals surface area contributed by atoms with Gasteiger partial charge in [-0.3, -0.25) is 4.55 Å². The molecule has 0 unspecified atom stereocenters. The van der Waals surface area contributed by atoms with Gasteiger partial charge in [-0.1, -0.05) is 0 Å². The summed E-state index contributed by atoms with van der Waals surface area (Å²) in [5.41, 5.74) is 7.35. The molecule has 0 fully saturated rings. The van der Waals surface area contributed by atoms with E-state index in [1.54, 1.807) is 12.1 Å². The van der Waals surface area contributed by atoms with Gasteiger partial charge in [0.15, 0.2) is 0 Å². The summed E-state index contributed by atoms with van der Waals surface area (Å²) >= 11 is 6.61. The van der Waals surface area contributed by atoms with E-state index >= 15 is 0 Å². The predicted octanol–water partition coefficient (Wildman–Crippen LogP) is 4.46. The van der Waals surface area contributed by atoms with Crippen LogP contribution in [0.2, 0.25) is 0 Å². The van der Waals surface area contributed by atoms with Gasteiger partial charge in [-0.15, -0.1) is 0 Å². The van der Waals surface area contributed by atoms with Gasteiger partial charge >= 0.3 is 0 Å². The Morgan fingerprint density at radius 1 is 0.952 bits per heavy atom. The second kappa shape index (κ2) is 6.22. The van der Waals surface area contributed by atoms with E-state index in [4.69, 9.17) is 10.3 Å². The molecule has 21 heavy (non-hydrogen) atoms. The molecule has 9 heteroatoms. The number of rotatable bonds is 3. The van der Waals surface area contributed by atoms with E-state index in [2.05, 4.69) is 42.1 Å². The van der Waals surface area contributed by atoms with Crippen LogP contribution in [0.25, 0.3) is 0 Å². The maximum Gasteiger partial charge on any atom is 0.294 e. The molecule has 0 aromatic heterocycles. The van der Waals surface area contributed by atoms with Gasteiger partial charge in [0.25, 0.3) is 10.1 Å². The summed E-state index contributed by atoms with van der Waals surface area (Å²) in [7, 11) is -4.20. The molecular weight excluding hydrogens is 426 g/mol. The van der Waals surface area contributed by atoms with E-state index < -0.39 is 10.1 Å². The van der Waals surface area contributed by atoms with Gasteiger partial charge in [-0.05, 0) is 68.3 Å². The minimum Gasteiger partial charge on any atom is -0.397 e. The van der Waals surface area contributed by atoms with Crippen LogP contribution in [0.1, 0.15) is 0 Å². The van der Waals surface area contributed by atoms with Gasteiger partial charge in [0.05, 0.1) is 22.0 Å². The summed E-state index contributed by atoms with van der Waals surface area (Å²) in [5.74, 6) is 0. The fourth-order valence-electron chi connectivity index (χ4n) is 1.43. The molecule has 0 saturated heterocycles. The van der Waals surface area contributed by atoms with Crippen molar-refractivity contribution >= 4 is 59.0 Å². The molecule has 2 aromatic rings. The molecule has 0 aliphatic carbocycles. The zero-order valence-electron chi connectivity index (χ0n) is 10.4. The van der Waals surface area contributed by atoms with Crippen LogP contribution in [0.4, 0.5) is 17.1 Å². The topological polar surface area (TPSA) is 105 Å². The van der Waals surface area contributed by atoms with Crippen molar-refractivity contribution in [1.82, 2.24) is 0 Å². The molecule has 0 aliphatic rings. The van der Waals surface area contributed by atoms with Crippen LogP contribution in [-0.4, -0.2) is 13.0 Å². The quantitative estimate of drug-likeness (QED) is 0.422. The molecular formula is C12H9Br2N3O3S. The second-order valence-corrected chi connectivity index (χ2v) is 7.12. The fraction of sp³-hybridized carbons (Fsp3) is 0. The first-order valence-electron chi connectivity index (χ1n) is 5.51. The molecule has 0 amide bonds. The number of halogens is 2. The summed E-state index contributed by atoms with van der Waals surface area (Å²) in [6.45, 7) is 0. The monoisotopic (exact) mass is 433 g/mol. The smallest absolute Gasteiger partial charge is 0.294 e. The molecule has 110 valence electrons. The summed E-state index contributed by atoms with van der Waals surface area (Å²) < 4.78 is 32.1. The number of azo groups is 1. The maximum absolute atomic E-state index is 10.9. The largest absolute Gasteiger partial charge is 0.397 e. The lowest BCUT2D eigenvalue weighted by molar-refractivity contribution is 0.483. The average Bonchev–Trinajstić information content (AvgIpc) is 2.42. The van der Waals surface area contributed by atoms with Crippen LogP contribution in [0, 0.1) is 0 Å². The van der Waals surface area contributed by atoms with Crippen molar-refractivity contribution in [2.75, 3.05) is 5.73 Å². The lowest BCUT2D eigenvalue weighted by atomic mass is 10.3. The Morgan fingerprint density at radius 2 is 1.43 bits per heavy atom. The molecule has 0 spiro atoms. The Labute approximate surface area is 138 Å². The van der Waals surface area contributed by atoms with Crippen molar-refractivity contribution in [1.29, 1.82) is 0 Å². The molecule has 0 atom stereocenters. The first-order valence-corrected chi connectivity index (χ1v) is 8.54. The van der Waals surface area contributed by atoms with E-state index in [1.807, 2.05) is 0 Å². The van der Waals surface area contributed by atoms with E-state index in [9.17, 15) is 8.42 Å². The maximum atomic E-state index is 10.9. The van der Waals surface area contributed by atoms with Gasteiger partial charge in [-0.25, -0.2) is 0 Å². The highest BCUT2D eigenvalue weighted by Crippen LogP contribution is 2.33. The Bertz CT molecular complexity index is 782. The number of benzene rings is 2. The summed E-state index contributed by atoms with van der Waals surface area (Å²) in [6.07, 6.45) is 0. The second-order valence-electron chi connectivity index (χ2n) is 3.99. The van der Waals surface area contributed by atoms with Crippen LogP contribution in [0.5, 0.6) is 0 Å². The zero-order chi connectivity index (χ0) is 15.6. The molecule has 2 aromatic carbocycles. The van der Waals surface area contributed by atoms with E-state index in [0.29, 0.717) is 26.0 Å². The first-order chi connectivity index (χ1) is 9.77. The molecule has 0 radical (unpaired) electrons. The Hall–Kier alpha value is -1.29. The number of hydrogen-bond donors (Lipinski definition) is 2. The van der Waals surface area contributed by atoms with Gasteiger partial charge in [0.2, 0.25) is 0 Å². The average molecular weight is 435 g/mol. The lowest BCUT2D eigenvalue weighted by Gasteiger charge is -2.02. The molecule has 0 bridgehead atoms. The first kappa shape index (κ1) is 16.1. The fourth-order valence-corrected chi connectivity index (χ4v) is 3.07. The number of nitrogens with two attached hydrogens (primary N) is 1. The van der Waals surface area contributed by atoms with Crippen LogP contribution < -0.4 is 5.73 Å². The number of hydrogen-bond acceptors (Lipinski definition) is 5. The summed E-state index contributed by atoms with van der Waals surface area (Å²) in [6, 6.07) is 8.78. The predicted molar refractivity (Wildman–Crippen MR) is 86.7 cm³/mol. The molecule has 6 nitrogen and oxygen atoms in total. The van der Waals surface area contributed by atoms with Crippen LogP contribution in [-0.2, 0) is 10.1 Å². The van der Waals surface area contributed by atoms with Crippen molar-refractivity contribution in [3.8, 4) is 0 Å². The highest BCUT2D eigenvalue weighted by molar-refractivity contribution is 9.11. The van der Waals surface area contributed by atoms with Crippen molar-refractivity contribution in [2.24, 2.45) is 10.2 Å². The molecule has 0 saturated carbocycles. The van der Waals surface area contributed by atoms with Crippen molar-refractivity contribution in [3.05, 3.63) is 45.3 Å². The Morgan fingerprint density at radius 3 is 1.90 bits per heavy atom. The molecule has 0 aliphatic heterocycles. The molecule has 2 rings (SSSR count).